The van der Waals surface area contributed by atoms with Gasteiger partial charge in [0.1, 0.15) is 5.58 Å². The van der Waals surface area contributed by atoms with Gasteiger partial charge in [-0.1, -0.05) is 6.92 Å². The second kappa shape index (κ2) is 6.55. The standard InChI is InChI=1S/C17H22N2O3S/c1-11-6-8-19(9-7-11)23(21)13-4-5-15-14(10-13)12(2)16(22-15)17(20)18-3/h4-5,10-11H,6-9H2,1-3H3,(H,18,20). The van der Waals surface area contributed by atoms with Gasteiger partial charge in [-0.15, -0.1) is 4.31 Å². The maximum Gasteiger partial charge on any atom is 0.287 e. The van der Waals surface area contributed by atoms with E-state index in [1.165, 1.54) is 0 Å². The van der Waals surface area contributed by atoms with Crippen molar-refractivity contribution in [1.82, 2.24) is 9.62 Å². The third kappa shape index (κ3) is 3.11. The molecule has 1 unspecified atom stereocenters. The molecule has 0 bridgehead atoms. The van der Waals surface area contributed by atoms with Crippen LogP contribution in [-0.4, -0.2) is 34.9 Å². The summed E-state index contributed by atoms with van der Waals surface area (Å²) in [5, 5.41) is 3.42. The Labute approximate surface area is 139 Å². The number of amides is 1. The topological polar surface area (TPSA) is 68.5 Å². The quantitative estimate of drug-likeness (QED) is 0.877. The zero-order valence-electron chi connectivity index (χ0n) is 13.7. The zero-order chi connectivity index (χ0) is 16.6. The van der Waals surface area contributed by atoms with Crippen molar-refractivity contribution in [3.05, 3.63) is 29.5 Å². The number of hydrogen-bond acceptors (Lipinski definition) is 4. The number of hydrogen-bond donors (Lipinski definition) is 1. The molecule has 6 heteroatoms. The van der Waals surface area contributed by atoms with E-state index in [9.17, 15) is 9.35 Å². The van der Waals surface area contributed by atoms with E-state index in [0.717, 1.165) is 41.8 Å². The highest BCUT2D eigenvalue weighted by atomic mass is 32.2. The Hall–Kier alpha value is -1.50. The summed E-state index contributed by atoms with van der Waals surface area (Å²) in [6.45, 7) is 5.81. The highest BCUT2D eigenvalue weighted by molar-refractivity contribution is 7.89. The Morgan fingerprint density at radius 2 is 2.09 bits per heavy atom. The number of aryl methyl sites for hydroxylation is 1. The fourth-order valence-electron chi connectivity index (χ4n) is 2.94. The maximum absolute atomic E-state index is 12.8. The lowest BCUT2D eigenvalue weighted by Gasteiger charge is -2.30. The van der Waals surface area contributed by atoms with Crippen molar-refractivity contribution in [2.45, 2.75) is 31.6 Å². The SMILES string of the molecule is CNC(=O)c1oc2ccc([S+]([O-])N3CCC(C)CC3)cc2c1C. The van der Waals surface area contributed by atoms with Crippen LogP contribution in [0.5, 0.6) is 0 Å². The second-order valence-electron chi connectivity index (χ2n) is 6.15. The minimum atomic E-state index is -1.16. The smallest absolute Gasteiger partial charge is 0.287 e. The molecule has 0 saturated carbocycles. The van der Waals surface area contributed by atoms with E-state index in [4.69, 9.17) is 4.42 Å². The second-order valence-corrected chi connectivity index (χ2v) is 7.64. The van der Waals surface area contributed by atoms with Crippen molar-refractivity contribution in [3.8, 4) is 0 Å². The lowest BCUT2D eigenvalue weighted by Crippen LogP contribution is -2.37. The van der Waals surface area contributed by atoms with E-state index >= 15 is 0 Å². The van der Waals surface area contributed by atoms with Gasteiger partial charge >= 0.3 is 0 Å². The predicted octanol–water partition coefficient (Wildman–Crippen LogP) is 2.86. The summed E-state index contributed by atoms with van der Waals surface area (Å²) in [4.78, 5) is 12.6. The van der Waals surface area contributed by atoms with Crippen LogP contribution in [0.2, 0.25) is 0 Å². The van der Waals surface area contributed by atoms with Gasteiger partial charge in [-0.25, -0.2) is 0 Å². The Balaban J connectivity index is 1.90. The van der Waals surface area contributed by atoms with Crippen molar-refractivity contribution in [1.29, 1.82) is 0 Å². The summed E-state index contributed by atoms with van der Waals surface area (Å²) in [6.07, 6.45) is 2.17. The largest absolute Gasteiger partial charge is 0.593 e. The number of carbonyl (C=O) groups is 1. The lowest BCUT2D eigenvalue weighted by molar-refractivity contribution is 0.0937. The average molecular weight is 334 g/mol. The van der Waals surface area contributed by atoms with Crippen LogP contribution in [0.4, 0.5) is 0 Å². The molecule has 0 spiro atoms. The van der Waals surface area contributed by atoms with Gasteiger partial charge in [-0.2, -0.15) is 0 Å². The van der Waals surface area contributed by atoms with Crippen LogP contribution in [0.15, 0.2) is 27.5 Å². The first-order valence-corrected chi connectivity index (χ1v) is 9.04. The average Bonchev–Trinajstić information content (AvgIpc) is 2.90. The third-order valence-corrected chi connectivity index (χ3v) is 6.01. The Morgan fingerprint density at radius 3 is 2.74 bits per heavy atom. The molecule has 1 aliphatic heterocycles. The molecule has 0 aliphatic carbocycles. The Bertz CT molecular complexity index is 720. The highest BCUT2D eigenvalue weighted by Gasteiger charge is 2.28. The molecule has 1 fully saturated rings. The van der Waals surface area contributed by atoms with Crippen LogP contribution in [-0.2, 0) is 11.4 Å². The Morgan fingerprint density at radius 1 is 1.39 bits per heavy atom. The van der Waals surface area contributed by atoms with E-state index < -0.39 is 11.4 Å². The maximum atomic E-state index is 12.8. The van der Waals surface area contributed by atoms with E-state index in [-0.39, 0.29) is 5.91 Å². The number of fused-ring (bicyclic) bond motifs is 1. The van der Waals surface area contributed by atoms with Crippen LogP contribution in [0.3, 0.4) is 0 Å². The van der Waals surface area contributed by atoms with Crippen LogP contribution in [0.25, 0.3) is 11.0 Å². The van der Waals surface area contributed by atoms with Crippen molar-refractivity contribution in [2.75, 3.05) is 20.1 Å². The van der Waals surface area contributed by atoms with Gasteiger partial charge in [0.2, 0.25) is 0 Å². The molecular weight excluding hydrogens is 312 g/mol. The van der Waals surface area contributed by atoms with E-state index in [1.807, 2.05) is 23.4 Å². The summed E-state index contributed by atoms with van der Waals surface area (Å²) >= 11 is -1.16. The first-order chi connectivity index (χ1) is 11.0. The molecule has 5 nitrogen and oxygen atoms in total. The molecule has 2 heterocycles. The molecule has 2 aromatic rings. The zero-order valence-corrected chi connectivity index (χ0v) is 14.5. The summed E-state index contributed by atoms with van der Waals surface area (Å²) in [5.41, 5.74) is 1.43. The number of benzene rings is 1. The molecule has 0 radical (unpaired) electrons. The number of furan rings is 1. The van der Waals surface area contributed by atoms with E-state index in [2.05, 4.69) is 12.2 Å². The van der Waals surface area contributed by atoms with Crippen molar-refractivity contribution in [2.24, 2.45) is 5.92 Å². The summed E-state index contributed by atoms with van der Waals surface area (Å²) in [6, 6.07) is 5.51. The van der Waals surface area contributed by atoms with Gasteiger partial charge in [0.05, 0.1) is 11.4 Å². The molecule has 1 N–H and O–H groups in total. The van der Waals surface area contributed by atoms with Crippen molar-refractivity contribution < 1.29 is 13.8 Å². The molecule has 1 aromatic carbocycles. The normalized spacial score (nSPS) is 18.3. The van der Waals surface area contributed by atoms with Crippen LogP contribution in [0.1, 0.15) is 35.9 Å². The summed E-state index contributed by atoms with van der Waals surface area (Å²) < 4.78 is 20.4. The molecule has 124 valence electrons. The molecule has 1 saturated heterocycles. The molecule has 1 aromatic heterocycles. The number of carbonyl (C=O) groups excluding carboxylic acids is 1. The summed E-state index contributed by atoms with van der Waals surface area (Å²) in [7, 11) is 1.58. The first-order valence-electron chi connectivity index (χ1n) is 7.93. The monoisotopic (exact) mass is 334 g/mol. The van der Waals surface area contributed by atoms with Crippen LogP contribution in [0, 0.1) is 12.8 Å². The van der Waals surface area contributed by atoms with Gasteiger partial charge in [0, 0.05) is 37.2 Å². The first kappa shape index (κ1) is 16.4. The van der Waals surface area contributed by atoms with Gasteiger partial charge in [-0.05, 0) is 37.8 Å². The van der Waals surface area contributed by atoms with Crippen LogP contribution >= 0.6 is 0 Å². The molecule has 23 heavy (non-hydrogen) atoms. The molecule has 1 amide bonds. The van der Waals surface area contributed by atoms with E-state index in [1.54, 1.807) is 13.1 Å². The van der Waals surface area contributed by atoms with Gasteiger partial charge in [0.25, 0.3) is 5.91 Å². The number of nitrogens with one attached hydrogen (secondary N) is 1. The van der Waals surface area contributed by atoms with Gasteiger partial charge in [0.15, 0.2) is 10.7 Å². The third-order valence-electron chi connectivity index (χ3n) is 4.52. The fourth-order valence-corrected chi connectivity index (χ4v) is 4.18. The van der Waals surface area contributed by atoms with E-state index in [0.29, 0.717) is 17.3 Å². The highest BCUT2D eigenvalue weighted by Crippen LogP contribution is 2.30. The molecule has 1 atom stereocenters. The minimum absolute atomic E-state index is 0.244. The molecule has 1 aliphatic rings. The predicted molar refractivity (Wildman–Crippen MR) is 90.7 cm³/mol. The van der Waals surface area contributed by atoms with Crippen LogP contribution < -0.4 is 5.32 Å². The number of rotatable bonds is 3. The lowest BCUT2D eigenvalue weighted by atomic mass is 10.0. The molecule has 3 rings (SSSR count). The molecular formula is C17H22N2O3S. The van der Waals surface area contributed by atoms with Crippen molar-refractivity contribution in [3.63, 3.8) is 0 Å². The van der Waals surface area contributed by atoms with Crippen molar-refractivity contribution >= 4 is 28.2 Å². The van der Waals surface area contributed by atoms with Gasteiger partial charge in [-0.3, -0.25) is 4.79 Å². The number of nitrogens with zero attached hydrogens (tertiary/aromatic N) is 1. The minimum Gasteiger partial charge on any atom is -0.593 e. The Kier molecular flexibility index (Phi) is 4.66. The fraction of sp³-hybridized carbons (Fsp3) is 0.471. The summed E-state index contributed by atoms with van der Waals surface area (Å²) in [5.74, 6) is 0.778. The number of piperidine rings is 1. The van der Waals surface area contributed by atoms with Gasteiger partial charge < -0.3 is 14.3 Å².